The maximum Gasteiger partial charge on any atom is 0.358 e. The molecule has 0 radical (unpaired) electrons. The van der Waals surface area contributed by atoms with Gasteiger partial charge in [-0.05, 0) is 46.5 Å². The van der Waals surface area contributed by atoms with Gasteiger partial charge in [0.25, 0.3) is 0 Å². The number of rotatable bonds is 5. The van der Waals surface area contributed by atoms with E-state index in [0.29, 0.717) is 18.2 Å². The zero-order valence-electron chi connectivity index (χ0n) is 11.4. The van der Waals surface area contributed by atoms with Gasteiger partial charge >= 0.3 is 5.97 Å². The maximum absolute atomic E-state index is 11.7. The summed E-state index contributed by atoms with van der Waals surface area (Å²) in [5.74, 6) is 0.385. The largest absolute Gasteiger partial charge is 0.461 e. The van der Waals surface area contributed by atoms with Crippen molar-refractivity contribution in [2.45, 2.75) is 46.1 Å². The van der Waals surface area contributed by atoms with Gasteiger partial charge in [-0.25, -0.2) is 9.78 Å². The Morgan fingerprint density at radius 2 is 2.22 bits per heavy atom. The molecule has 1 fully saturated rings. The summed E-state index contributed by atoms with van der Waals surface area (Å²) in [6.45, 7) is 8.46. The number of nitrogens with one attached hydrogen (secondary N) is 1. The number of aromatic nitrogens is 1. The smallest absolute Gasteiger partial charge is 0.358 e. The highest BCUT2D eigenvalue weighted by Crippen LogP contribution is 2.41. The van der Waals surface area contributed by atoms with E-state index in [0.717, 1.165) is 10.0 Å². The third-order valence-electron chi connectivity index (χ3n) is 3.29. The first-order valence-electron chi connectivity index (χ1n) is 6.36. The van der Waals surface area contributed by atoms with Crippen LogP contribution in [0.4, 0.5) is 5.13 Å². The monoisotopic (exact) mass is 268 g/mol. The van der Waals surface area contributed by atoms with Gasteiger partial charge < -0.3 is 10.1 Å². The first-order chi connectivity index (χ1) is 8.44. The number of nitrogens with zero attached hydrogens (tertiary/aromatic N) is 1. The second-order valence-corrected chi connectivity index (χ2v) is 6.47. The second-order valence-electron chi connectivity index (χ2n) is 5.27. The van der Waals surface area contributed by atoms with Crippen LogP contribution in [0, 0.1) is 12.8 Å². The molecule has 1 aromatic rings. The lowest BCUT2D eigenvalue weighted by atomic mass is 9.99. The summed E-state index contributed by atoms with van der Waals surface area (Å²) in [4.78, 5) is 16.9. The molecule has 0 aromatic carbocycles. The lowest BCUT2D eigenvalue weighted by molar-refractivity contribution is 0.0519. The van der Waals surface area contributed by atoms with Gasteiger partial charge in [-0.2, -0.15) is 0 Å². The van der Waals surface area contributed by atoms with E-state index >= 15 is 0 Å². The Bertz CT molecular complexity index is 450. The minimum Gasteiger partial charge on any atom is -0.461 e. The molecule has 0 bridgehead atoms. The van der Waals surface area contributed by atoms with Gasteiger partial charge in [-0.1, -0.05) is 0 Å². The van der Waals surface area contributed by atoms with Crippen LogP contribution in [0.15, 0.2) is 0 Å². The van der Waals surface area contributed by atoms with E-state index in [1.54, 1.807) is 6.92 Å². The van der Waals surface area contributed by atoms with Gasteiger partial charge in [0.2, 0.25) is 0 Å². The van der Waals surface area contributed by atoms with Crippen LogP contribution in [0.2, 0.25) is 0 Å². The molecule has 0 spiro atoms. The molecule has 1 aromatic heterocycles. The normalized spacial score (nSPS) is 15.6. The van der Waals surface area contributed by atoms with Crippen LogP contribution in [0.3, 0.4) is 0 Å². The minimum atomic E-state index is -0.330. The molecule has 1 aliphatic carbocycles. The number of aryl methyl sites for hydroxylation is 1. The van der Waals surface area contributed by atoms with Gasteiger partial charge in [0.1, 0.15) is 0 Å². The molecule has 0 unspecified atom stereocenters. The number of thiazole rings is 1. The molecule has 18 heavy (non-hydrogen) atoms. The Labute approximate surface area is 112 Å². The average Bonchev–Trinajstić information content (AvgIpc) is 3.05. The van der Waals surface area contributed by atoms with E-state index in [-0.39, 0.29) is 11.5 Å². The van der Waals surface area contributed by atoms with Crippen LogP contribution >= 0.6 is 11.3 Å². The summed E-state index contributed by atoms with van der Waals surface area (Å²) >= 11 is 1.52. The first-order valence-corrected chi connectivity index (χ1v) is 7.18. The summed E-state index contributed by atoms with van der Waals surface area (Å²) < 4.78 is 4.99. The van der Waals surface area contributed by atoms with Crippen molar-refractivity contribution in [3.63, 3.8) is 0 Å². The van der Waals surface area contributed by atoms with E-state index in [4.69, 9.17) is 4.74 Å². The molecule has 1 N–H and O–H groups in total. The summed E-state index contributed by atoms with van der Waals surface area (Å²) in [6, 6.07) is 0. The van der Waals surface area contributed by atoms with E-state index < -0.39 is 0 Å². The molecule has 4 nitrogen and oxygen atoms in total. The van der Waals surface area contributed by atoms with Crippen LogP contribution in [-0.4, -0.2) is 23.1 Å². The van der Waals surface area contributed by atoms with Gasteiger partial charge in [0.15, 0.2) is 10.8 Å². The summed E-state index contributed by atoms with van der Waals surface area (Å²) in [5, 5.41) is 4.25. The zero-order chi connectivity index (χ0) is 13.3. The Morgan fingerprint density at radius 1 is 1.56 bits per heavy atom. The number of hydrogen-bond acceptors (Lipinski definition) is 5. The van der Waals surface area contributed by atoms with Crippen molar-refractivity contribution in [3.8, 4) is 0 Å². The molecule has 1 aliphatic rings. The predicted molar refractivity (Wildman–Crippen MR) is 73.2 cm³/mol. The van der Waals surface area contributed by atoms with Gasteiger partial charge in [0, 0.05) is 10.4 Å². The number of hydrogen-bond donors (Lipinski definition) is 1. The van der Waals surface area contributed by atoms with Gasteiger partial charge in [-0.15, -0.1) is 11.3 Å². The van der Waals surface area contributed by atoms with E-state index in [2.05, 4.69) is 24.1 Å². The van der Waals surface area contributed by atoms with E-state index in [1.165, 1.54) is 24.2 Å². The Kier molecular flexibility index (Phi) is 3.61. The fourth-order valence-electron chi connectivity index (χ4n) is 2.02. The quantitative estimate of drug-likeness (QED) is 0.833. The fraction of sp³-hybridized carbons (Fsp3) is 0.692. The van der Waals surface area contributed by atoms with Gasteiger partial charge in [-0.3, -0.25) is 0 Å². The number of anilines is 1. The van der Waals surface area contributed by atoms with E-state index in [9.17, 15) is 4.79 Å². The van der Waals surface area contributed by atoms with Crippen molar-refractivity contribution >= 4 is 22.4 Å². The van der Waals surface area contributed by atoms with Crippen molar-refractivity contribution in [1.82, 2.24) is 4.98 Å². The maximum atomic E-state index is 11.7. The summed E-state index contributed by atoms with van der Waals surface area (Å²) in [5.41, 5.74) is 0.493. The van der Waals surface area contributed by atoms with Crippen molar-refractivity contribution < 1.29 is 9.53 Å². The average molecular weight is 268 g/mol. The molecule has 2 rings (SSSR count). The highest BCUT2D eigenvalue weighted by Gasteiger charge is 2.38. The number of carbonyl (C=O) groups excluding carboxylic acids is 1. The van der Waals surface area contributed by atoms with Crippen molar-refractivity contribution in [1.29, 1.82) is 0 Å². The molecule has 1 saturated carbocycles. The Balaban J connectivity index is 2.10. The SMILES string of the molecule is CCOC(=O)c1nc(NC(C)(C)C2CC2)sc1C. The fourth-order valence-corrected chi connectivity index (χ4v) is 2.99. The lowest BCUT2D eigenvalue weighted by Gasteiger charge is -2.25. The Morgan fingerprint density at radius 3 is 2.78 bits per heavy atom. The standard InChI is InChI=1S/C13H20N2O2S/c1-5-17-11(16)10-8(2)18-12(14-10)15-13(3,4)9-6-7-9/h9H,5-7H2,1-4H3,(H,14,15). The van der Waals surface area contributed by atoms with Crippen molar-refractivity contribution in [2.24, 2.45) is 5.92 Å². The predicted octanol–water partition coefficient (Wildman–Crippen LogP) is 3.23. The van der Waals surface area contributed by atoms with Crippen LogP contribution in [0.25, 0.3) is 0 Å². The number of ether oxygens (including phenoxy) is 1. The first kappa shape index (κ1) is 13.3. The molecule has 0 amide bonds. The van der Waals surface area contributed by atoms with Crippen LogP contribution in [-0.2, 0) is 4.74 Å². The Hall–Kier alpha value is -1.10. The second kappa shape index (κ2) is 4.88. The molecular weight excluding hydrogens is 248 g/mol. The van der Waals surface area contributed by atoms with Crippen LogP contribution in [0.1, 0.15) is 49.0 Å². The van der Waals surface area contributed by atoms with Crippen LogP contribution in [0.5, 0.6) is 0 Å². The van der Waals surface area contributed by atoms with Gasteiger partial charge in [0.05, 0.1) is 6.61 Å². The van der Waals surface area contributed by atoms with Crippen LogP contribution < -0.4 is 5.32 Å². The molecule has 5 heteroatoms. The molecule has 100 valence electrons. The highest BCUT2D eigenvalue weighted by atomic mass is 32.1. The third-order valence-corrected chi connectivity index (χ3v) is 4.18. The third kappa shape index (κ3) is 2.83. The molecule has 1 heterocycles. The molecule has 0 aliphatic heterocycles. The van der Waals surface area contributed by atoms with Crippen molar-refractivity contribution in [2.75, 3.05) is 11.9 Å². The van der Waals surface area contributed by atoms with Crippen molar-refractivity contribution in [3.05, 3.63) is 10.6 Å². The lowest BCUT2D eigenvalue weighted by Crippen LogP contribution is -2.33. The summed E-state index contributed by atoms with van der Waals surface area (Å²) in [7, 11) is 0. The molecular formula is C13H20N2O2S. The number of carbonyl (C=O) groups is 1. The molecule has 0 saturated heterocycles. The minimum absolute atomic E-state index is 0.0518. The van der Waals surface area contributed by atoms with E-state index in [1.807, 2.05) is 6.92 Å². The summed E-state index contributed by atoms with van der Waals surface area (Å²) in [6.07, 6.45) is 2.55. The highest BCUT2D eigenvalue weighted by molar-refractivity contribution is 7.15. The molecule has 0 atom stereocenters. The number of esters is 1. The zero-order valence-corrected chi connectivity index (χ0v) is 12.2. The topological polar surface area (TPSA) is 51.2 Å².